The standard InChI is InChI=1S/C17H12Cl3N5O2.C5H4N2O4/c18-10-3-1-9(2-4-10)15(26)13-11(19)5-8(6-12(13)20)7-22-17(27)14-16(21)24-25-23-14;8-3-1-2(4(9)10)6-5(11)7-3/h1-6H,7H2,(H,22,27)(H3,21,23,24,25);1H,(H,9,10)(H2,6,7,8,11). The molecule has 7 N–H and O–H groups in total. The third-order valence-corrected chi connectivity index (χ3v) is 5.52. The summed E-state index contributed by atoms with van der Waals surface area (Å²) in [6.07, 6.45) is 0. The van der Waals surface area contributed by atoms with Crippen molar-refractivity contribution in [2.45, 2.75) is 6.54 Å². The van der Waals surface area contributed by atoms with Crippen molar-refractivity contribution >= 4 is 58.3 Å². The van der Waals surface area contributed by atoms with Crippen LogP contribution < -0.4 is 22.3 Å². The number of hydrogen-bond acceptors (Lipinski definition) is 8. The fourth-order valence-electron chi connectivity index (χ4n) is 2.94. The first-order valence-corrected chi connectivity index (χ1v) is 11.4. The summed E-state index contributed by atoms with van der Waals surface area (Å²) in [7, 11) is 0. The molecule has 2 heterocycles. The summed E-state index contributed by atoms with van der Waals surface area (Å²) in [4.78, 5) is 59.5. The van der Waals surface area contributed by atoms with E-state index in [0.717, 1.165) is 6.07 Å². The molecule has 196 valence electrons. The predicted molar refractivity (Wildman–Crippen MR) is 138 cm³/mol. The normalized spacial score (nSPS) is 10.3. The molecule has 0 spiro atoms. The molecule has 2 aromatic carbocycles. The van der Waals surface area contributed by atoms with E-state index >= 15 is 0 Å². The fraction of sp³-hybridized carbons (Fsp3) is 0.0455. The lowest BCUT2D eigenvalue weighted by molar-refractivity contribution is 0.0689. The lowest BCUT2D eigenvalue weighted by Gasteiger charge is -2.10. The van der Waals surface area contributed by atoms with Gasteiger partial charge >= 0.3 is 11.7 Å². The summed E-state index contributed by atoms with van der Waals surface area (Å²) in [6, 6.07) is 10.3. The minimum Gasteiger partial charge on any atom is -0.477 e. The molecule has 0 saturated heterocycles. The molecule has 0 fully saturated rings. The second-order valence-corrected chi connectivity index (χ2v) is 8.58. The molecule has 0 aliphatic carbocycles. The lowest BCUT2D eigenvalue weighted by atomic mass is 10.0. The number of nitrogen functional groups attached to an aromatic ring is 1. The molecule has 4 aromatic rings. The van der Waals surface area contributed by atoms with Crippen LogP contribution in [0.2, 0.25) is 15.1 Å². The van der Waals surface area contributed by atoms with Crippen molar-refractivity contribution in [3.05, 3.63) is 106 Å². The molecule has 0 unspecified atom stereocenters. The first-order chi connectivity index (χ1) is 18.0. The topological polar surface area (TPSA) is 217 Å². The number of amides is 1. The van der Waals surface area contributed by atoms with E-state index in [2.05, 4.69) is 20.7 Å². The van der Waals surface area contributed by atoms with E-state index in [9.17, 15) is 24.0 Å². The van der Waals surface area contributed by atoms with Gasteiger partial charge in [-0.2, -0.15) is 0 Å². The van der Waals surface area contributed by atoms with Crippen LogP contribution >= 0.6 is 34.8 Å². The van der Waals surface area contributed by atoms with Crippen LogP contribution in [0.5, 0.6) is 0 Å². The lowest BCUT2D eigenvalue weighted by Crippen LogP contribution is -2.24. The van der Waals surface area contributed by atoms with Gasteiger partial charge in [0.1, 0.15) is 5.69 Å². The zero-order chi connectivity index (χ0) is 28.0. The third kappa shape index (κ3) is 7.06. The van der Waals surface area contributed by atoms with Crippen molar-refractivity contribution in [1.29, 1.82) is 0 Å². The zero-order valence-electron chi connectivity index (χ0n) is 18.8. The first-order valence-electron chi connectivity index (χ1n) is 10.3. The van der Waals surface area contributed by atoms with Gasteiger partial charge in [0.2, 0.25) is 0 Å². The molecule has 0 aliphatic rings. The molecule has 38 heavy (non-hydrogen) atoms. The van der Waals surface area contributed by atoms with Gasteiger partial charge in [-0.15, -0.1) is 5.10 Å². The highest BCUT2D eigenvalue weighted by atomic mass is 35.5. The second-order valence-electron chi connectivity index (χ2n) is 7.33. The number of nitrogens with two attached hydrogens (primary N) is 1. The van der Waals surface area contributed by atoms with E-state index in [-0.39, 0.29) is 39.4 Å². The van der Waals surface area contributed by atoms with Crippen molar-refractivity contribution in [2.24, 2.45) is 0 Å². The molecule has 13 nitrogen and oxygen atoms in total. The van der Waals surface area contributed by atoms with Gasteiger partial charge in [-0.1, -0.05) is 40.0 Å². The number of rotatable bonds is 6. The van der Waals surface area contributed by atoms with Gasteiger partial charge in [0, 0.05) is 23.2 Å². The Balaban J connectivity index is 0.000000304. The van der Waals surface area contributed by atoms with Crippen LogP contribution in [0.15, 0.2) is 52.1 Å². The number of aromatic amines is 3. The van der Waals surface area contributed by atoms with Crippen molar-refractivity contribution in [1.82, 2.24) is 30.7 Å². The van der Waals surface area contributed by atoms with Crippen molar-refractivity contribution in [2.75, 3.05) is 5.73 Å². The van der Waals surface area contributed by atoms with Gasteiger partial charge in [-0.25, -0.2) is 14.7 Å². The van der Waals surface area contributed by atoms with Crippen molar-refractivity contribution in [3.8, 4) is 0 Å². The third-order valence-electron chi connectivity index (χ3n) is 4.67. The average Bonchev–Trinajstić information content (AvgIpc) is 3.28. The van der Waals surface area contributed by atoms with Crippen LogP contribution in [-0.2, 0) is 6.54 Å². The molecule has 0 saturated carbocycles. The van der Waals surface area contributed by atoms with E-state index in [0.29, 0.717) is 16.1 Å². The Morgan fingerprint density at radius 2 is 1.61 bits per heavy atom. The molecule has 2 aromatic heterocycles. The quantitative estimate of drug-likeness (QED) is 0.184. The van der Waals surface area contributed by atoms with Crippen LogP contribution in [-0.4, -0.2) is 48.1 Å². The number of ketones is 1. The van der Waals surface area contributed by atoms with Crippen LogP contribution in [0.1, 0.15) is 42.5 Å². The number of nitrogens with one attached hydrogen (secondary N) is 4. The van der Waals surface area contributed by atoms with Crippen molar-refractivity contribution < 1.29 is 19.5 Å². The van der Waals surface area contributed by atoms with Crippen LogP contribution in [0.4, 0.5) is 5.82 Å². The zero-order valence-corrected chi connectivity index (χ0v) is 21.1. The summed E-state index contributed by atoms with van der Waals surface area (Å²) in [5.74, 6) is -2.11. The number of hydrogen-bond donors (Lipinski definition) is 6. The van der Waals surface area contributed by atoms with E-state index < -0.39 is 28.8 Å². The molecule has 0 bridgehead atoms. The number of anilines is 1. The minimum atomic E-state index is -1.34. The van der Waals surface area contributed by atoms with Gasteiger partial charge in [-0.05, 0) is 42.0 Å². The van der Waals surface area contributed by atoms with Gasteiger partial charge in [-0.3, -0.25) is 19.4 Å². The number of aromatic nitrogens is 5. The Kier molecular flexibility index (Phi) is 9.02. The number of halogens is 3. The number of carboxylic acid groups (broad SMARTS) is 1. The number of carbonyl (C=O) groups is 3. The molecule has 0 radical (unpaired) electrons. The first kappa shape index (κ1) is 28.1. The van der Waals surface area contributed by atoms with Crippen LogP contribution in [0.3, 0.4) is 0 Å². The SMILES string of the molecule is Nc1[nH]nnc1C(=O)NCc1cc(Cl)c(C(=O)c2ccc(Cl)cc2)c(Cl)c1.O=C(O)c1cc(=O)[nH]c(=O)[nH]1. The summed E-state index contributed by atoms with van der Waals surface area (Å²) >= 11 is 18.4. The van der Waals surface area contributed by atoms with Gasteiger partial charge in [0.05, 0.1) is 15.6 Å². The smallest absolute Gasteiger partial charge is 0.352 e. The van der Waals surface area contributed by atoms with E-state index in [1.165, 1.54) is 0 Å². The Morgan fingerprint density at radius 3 is 2.13 bits per heavy atom. The molecule has 16 heteroatoms. The summed E-state index contributed by atoms with van der Waals surface area (Å²) in [5, 5.41) is 21.2. The maximum Gasteiger partial charge on any atom is 0.352 e. The fourth-order valence-corrected chi connectivity index (χ4v) is 3.77. The van der Waals surface area contributed by atoms with Crippen molar-refractivity contribution in [3.63, 3.8) is 0 Å². The molecule has 1 amide bonds. The highest BCUT2D eigenvalue weighted by Gasteiger charge is 2.19. The summed E-state index contributed by atoms with van der Waals surface area (Å²) in [6.45, 7) is 0.111. The summed E-state index contributed by atoms with van der Waals surface area (Å²) < 4.78 is 0. The van der Waals surface area contributed by atoms with E-state index in [1.54, 1.807) is 36.4 Å². The Labute approximate surface area is 226 Å². The Morgan fingerprint density at radius 1 is 0.974 bits per heavy atom. The molecule has 0 aliphatic heterocycles. The van der Waals surface area contributed by atoms with Crippen LogP contribution in [0, 0.1) is 0 Å². The molecular weight excluding hydrogens is 565 g/mol. The number of carbonyl (C=O) groups excluding carboxylic acids is 2. The second kappa shape index (κ2) is 12.2. The monoisotopic (exact) mass is 579 g/mol. The highest BCUT2D eigenvalue weighted by molar-refractivity contribution is 6.41. The predicted octanol–water partition coefficient (Wildman–Crippen LogP) is 2.27. The van der Waals surface area contributed by atoms with Gasteiger partial charge in [0.25, 0.3) is 11.5 Å². The maximum absolute atomic E-state index is 12.7. The molecule has 0 atom stereocenters. The molecular formula is C22H16Cl3N7O6. The average molecular weight is 581 g/mol. The minimum absolute atomic E-state index is 0.0123. The number of carboxylic acids is 1. The number of nitrogens with zero attached hydrogens (tertiary/aromatic N) is 2. The number of H-pyrrole nitrogens is 3. The van der Waals surface area contributed by atoms with Crippen LogP contribution in [0.25, 0.3) is 0 Å². The molecule has 4 rings (SSSR count). The largest absolute Gasteiger partial charge is 0.477 e. The van der Waals surface area contributed by atoms with Gasteiger partial charge < -0.3 is 21.1 Å². The number of aromatic carboxylic acids is 1. The summed E-state index contributed by atoms with van der Waals surface area (Å²) in [5.41, 5.74) is 4.75. The Bertz CT molecular complexity index is 1580. The van der Waals surface area contributed by atoms with Gasteiger partial charge in [0.15, 0.2) is 17.3 Å². The maximum atomic E-state index is 12.7. The van der Waals surface area contributed by atoms with E-state index in [1.807, 2.05) is 9.97 Å². The Hall–Kier alpha value is -4.46. The number of benzene rings is 2. The van der Waals surface area contributed by atoms with E-state index in [4.69, 9.17) is 45.6 Å². The highest BCUT2D eigenvalue weighted by Crippen LogP contribution is 2.29.